The van der Waals surface area contributed by atoms with E-state index in [1.54, 1.807) is 6.08 Å². The molecule has 0 radical (unpaired) electrons. The Balaban J connectivity index is 1.72. The summed E-state index contributed by atoms with van der Waals surface area (Å²) in [5, 5.41) is 9.73. The Morgan fingerprint density at radius 3 is 2.50 bits per heavy atom. The Morgan fingerprint density at radius 1 is 1.19 bits per heavy atom. The molecule has 1 aromatic carbocycles. The molecule has 6 atom stereocenters. The molecular weight excluding hydrogens is 586 g/mol. The maximum Gasteiger partial charge on any atom is 0.423 e. The van der Waals surface area contributed by atoms with Gasteiger partial charge in [-0.05, 0) is 36.5 Å². The number of carbonyl (C=O) groups excluding carboxylic acids is 5. The fourth-order valence-electron chi connectivity index (χ4n) is 6.10. The second-order valence-corrected chi connectivity index (χ2v) is 10.9. The summed E-state index contributed by atoms with van der Waals surface area (Å²) in [6.07, 6.45) is 0.281. The van der Waals surface area contributed by atoms with Crippen LogP contribution in [0.1, 0.15) is 24.3 Å². The second kappa shape index (κ2) is 8.26. The summed E-state index contributed by atoms with van der Waals surface area (Å²) in [5.74, 6) is -8.78. The standard InChI is InChI=1S/C23H18BrCl2FN2O7/c1-36-21(35)29-17(31)11-4-3-10-12(15(11)18(29)32)7-22(25)19(33)28(8-24)20(34)23(22,26)16(10)9-2-5-14(30)13(27)6-9/h2-3,5-6,11-12,15-16,30H,4,7-8H2,1H3/t11-,12+,15-,16-,22+,23-/m0/s1. The number of hydrogen-bond donors (Lipinski definition) is 1. The van der Waals surface area contributed by atoms with Gasteiger partial charge >= 0.3 is 6.09 Å². The maximum absolute atomic E-state index is 14.5. The molecule has 36 heavy (non-hydrogen) atoms. The highest BCUT2D eigenvalue weighted by atomic mass is 79.9. The zero-order valence-corrected chi connectivity index (χ0v) is 21.6. The number of rotatable bonds is 2. The van der Waals surface area contributed by atoms with Crippen LogP contribution in [0.25, 0.3) is 0 Å². The van der Waals surface area contributed by atoms with E-state index < -0.39 is 74.7 Å². The minimum Gasteiger partial charge on any atom is -0.505 e. The van der Waals surface area contributed by atoms with Crippen molar-refractivity contribution >= 4 is 68.9 Å². The minimum atomic E-state index is -2.09. The number of alkyl halides is 3. The Bertz CT molecular complexity index is 1290. The first-order chi connectivity index (χ1) is 16.9. The van der Waals surface area contributed by atoms with Crippen LogP contribution >= 0.6 is 39.1 Å². The molecule has 2 aliphatic heterocycles. The number of benzene rings is 1. The van der Waals surface area contributed by atoms with E-state index in [2.05, 4.69) is 20.7 Å². The summed E-state index contributed by atoms with van der Waals surface area (Å²) >= 11 is 17.1. The zero-order valence-electron chi connectivity index (χ0n) is 18.5. The van der Waals surface area contributed by atoms with Crippen LogP contribution in [-0.4, -0.2) is 66.9 Å². The lowest BCUT2D eigenvalue weighted by molar-refractivity contribution is -0.140. The molecule has 2 aliphatic carbocycles. The minimum absolute atomic E-state index is 0.0399. The number of likely N-dealkylation sites (tertiary alicyclic amines) is 2. The van der Waals surface area contributed by atoms with Gasteiger partial charge in [-0.3, -0.25) is 24.1 Å². The highest BCUT2D eigenvalue weighted by Gasteiger charge is 2.76. The molecular formula is C23H18BrCl2FN2O7. The number of phenols is 1. The molecule has 3 fully saturated rings. The van der Waals surface area contributed by atoms with E-state index in [-0.39, 0.29) is 23.9 Å². The average molecular weight is 604 g/mol. The topological polar surface area (TPSA) is 121 Å². The third-order valence-corrected chi connectivity index (χ3v) is 9.59. The van der Waals surface area contributed by atoms with Crippen molar-refractivity contribution in [2.24, 2.45) is 17.8 Å². The van der Waals surface area contributed by atoms with Gasteiger partial charge in [-0.25, -0.2) is 9.18 Å². The summed E-state index contributed by atoms with van der Waals surface area (Å²) < 4.78 is 19.1. The molecule has 13 heteroatoms. The quantitative estimate of drug-likeness (QED) is 0.239. The van der Waals surface area contributed by atoms with Gasteiger partial charge in [-0.1, -0.05) is 33.6 Å². The van der Waals surface area contributed by atoms with Crippen LogP contribution in [0.4, 0.5) is 9.18 Å². The summed E-state index contributed by atoms with van der Waals surface area (Å²) in [5.41, 5.74) is 0.380. The monoisotopic (exact) mass is 602 g/mol. The Morgan fingerprint density at radius 2 is 1.89 bits per heavy atom. The molecule has 190 valence electrons. The number of allylic oxidation sites excluding steroid dienone is 2. The van der Waals surface area contributed by atoms with Crippen molar-refractivity contribution < 1.29 is 38.2 Å². The Kier molecular flexibility index (Phi) is 5.77. The first-order valence-corrected chi connectivity index (χ1v) is 12.8. The van der Waals surface area contributed by atoms with Crippen molar-refractivity contribution in [1.82, 2.24) is 9.80 Å². The van der Waals surface area contributed by atoms with Gasteiger partial charge in [0, 0.05) is 5.92 Å². The number of hydrogen-bond acceptors (Lipinski definition) is 7. The van der Waals surface area contributed by atoms with Crippen LogP contribution in [0.5, 0.6) is 5.75 Å². The SMILES string of the molecule is COC(=O)N1C(=O)[C@H]2[C@H](CC=C3[C@H]2C[C@@]2(Cl)C(=O)N(CBr)C(=O)[C@@]2(Cl)[C@H]3c2ccc(O)c(F)c2)C1=O. The lowest BCUT2D eigenvalue weighted by atomic mass is 9.56. The average Bonchev–Trinajstić information content (AvgIpc) is 3.18. The normalized spacial score (nSPS) is 35.4. The van der Waals surface area contributed by atoms with Gasteiger partial charge in [0.2, 0.25) is 11.8 Å². The highest BCUT2D eigenvalue weighted by molar-refractivity contribution is 9.09. The number of aromatic hydroxyl groups is 1. The van der Waals surface area contributed by atoms with Crippen LogP contribution in [0.15, 0.2) is 29.8 Å². The van der Waals surface area contributed by atoms with Crippen LogP contribution in [0.2, 0.25) is 0 Å². The molecule has 9 nitrogen and oxygen atoms in total. The first kappa shape index (κ1) is 25.2. The van der Waals surface area contributed by atoms with Crippen LogP contribution < -0.4 is 0 Å². The zero-order chi connectivity index (χ0) is 26.3. The fourth-order valence-corrected chi connectivity index (χ4v) is 7.53. The molecule has 1 N–H and O–H groups in total. The highest BCUT2D eigenvalue weighted by Crippen LogP contribution is 2.65. The van der Waals surface area contributed by atoms with E-state index in [1.165, 1.54) is 6.07 Å². The summed E-state index contributed by atoms with van der Waals surface area (Å²) in [7, 11) is 1.04. The smallest absolute Gasteiger partial charge is 0.423 e. The lowest BCUT2D eigenvalue weighted by Gasteiger charge is -2.50. The molecule has 1 saturated carbocycles. The third kappa shape index (κ3) is 2.96. The van der Waals surface area contributed by atoms with E-state index in [0.717, 1.165) is 24.1 Å². The van der Waals surface area contributed by atoms with Crippen molar-refractivity contribution in [2.75, 3.05) is 12.6 Å². The van der Waals surface area contributed by atoms with E-state index in [9.17, 15) is 33.5 Å². The van der Waals surface area contributed by atoms with Crippen LogP contribution in [0, 0.1) is 23.6 Å². The third-order valence-electron chi connectivity index (χ3n) is 7.68. The fraction of sp³-hybridized carbons (Fsp3) is 0.435. The van der Waals surface area contributed by atoms with Crippen molar-refractivity contribution in [3.05, 3.63) is 41.2 Å². The predicted molar refractivity (Wildman–Crippen MR) is 126 cm³/mol. The van der Waals surface area contributed by atoms with Crippen LogP contribution in [0.3, 0.4) is 0 Å². The molecule has 0 aromatic heterocycles. The predicted octanol–water partition coefficient (Wildman–Crippen LogP) is 3.01. The molecule has 2 saturated heterocycles. The molecule has 0 bridgehead atoms. The number of methoxy groups -OCH3 is 1. The van der Waals surface area contributed by atoms with E-state index in [0.29, 0.717) is 10.5 Å². The second-order valence-electron chi connectivity index (χ2n) is 9.18. The molecule has 0 unspecified atom stereocenters. The van der Waals surface area contributed by atoms with Gasteiger partial charge in [-0.2, -0.15) is 4.90 Å². The number of imide groups is 4. The maximum atomic E-state index is 14.5. The number of carbonyl (C=O) groups is 5. The number of fused-ring (bicyclic) bond motifs is 4. The van der Waals surface area contributed by atoms with Crippen molar-refractivity contribution in [1.29, 1.82) is 0 Å². The first-order valence-electron chi connectivity index (χ1n) is 10.9. The molecule has 5 rings (SSSR count). The molecule has 0 spiro atoms. The van der Waals surface area contributed by atoms with Gasteiger partial charge in [0.1, 0.15) is 0 Å². The van der Waals surface area contributed by atoms with Crippen molar-refractivity contribution in [2.45, 2.75) is 28.5 Å². The number of ether oxygens (including phenoxy) is 1. The summed E-state index contributed by atoms with van der Waals surface area (Å²) in [6.45, 7) is 0. The number of phenolic OH excluding ortho intramolecular Hbond substituents is 1. The van der Waals surface area contributed by atoms with E-state index in [1.807, 2.05) is 0 Å². The van der Waals surface area contributed by atoms with Gasteiger partial charge in [0.25, 0.3) is 11.8 Å². The Hall–Kier alpha value is -2.50. The molecule has 4 aliphatic rings. The van der Waals surface area contributed by atoms with E-state index in [4.69, 9.17) is 23.2 Å². The van der Waals surface area contributed by atoms with Gasteiger partial charge < -0.3 is 9.84 Å². The summed E-state index contributed by atoms with van der Waals surface area (Å²) in [4.78, 5) is 62.6. The Labute approximate surface area is 222 Å². The lowest BCUT2D eigenvalue weighted by Crippen LogP contribution is -2.60. The largest absolute Gasteiger partial charge is 0.505 e. The number of amides is 5. The van der Waals surface area contributed by atoms with Crippen LogP contribution in [-0.2, 0) is 23.9 Å². The summed E-state index contributed by atoms with van der Waals surface area (Å²) in [6, 6.07) is 3.44. The van der Waals surface area contributed by atoms with Crippen molar-refractivity contribution in [3.63, 3.8) is 0 Å². The molecule has 1 aromatic rings. The molecule has 5 amide bonds. The van der Waals surface area contributed by atoms with Gasteiger partial charge in [0.05, 0.1) is 24.4 Å². The number of nitrogens with zero attached hydrogens (tertiary/aromatic N) is 2. The van der Waals surface area contributed by atoms with E-state index >= 15 is 0 Å². The van der Waals surface area contributed by atoms with Gasteiger partial charge in [0.15, 0.2) is 21.3 Å². The van der Waals surface area contributed by atoms with Crippen molar-refractivity contribution in [3.8, 4) is 5.75 Å². The number of halogens is 4. The molecule has 2 heterocycles. The van der Waals surface area contributed by atoms with Gasteiger partial charge in [-0.15, -0.1) is 23.2 Å².